The number of para-hydroxylation sites is 2. The number of hydrogen-bond donors (Lipinski definition) is 0. The van der Waals surface area contributed by atoms with E-state index < -0.39 is 6.79 Å². The maximum absolute atomic E-state index is 10.3. The highest BCUT2D eigenvalue weighted by atomic mass is 16.6. The van der Waals surface area contributed by atoms with E-state index in [2.05, 4.69) is 0 Å². The first-order valence-corrected chi connectivity index (χ1v) is 4.83. The lowest BCUT2D eigenvalue weighted by Gasteiger charge is -2.09. The van der Waals surface area contributed by atoms with Gasteiger partial charge in [-0.05, 0) is 30.9 Å². The van der Waals surface area contributed by atoms with Crippen LogP contribution in [-0.2, 0) is 5.11 Å². The highest BCUT2D eigenvalue weighted by Crippen LogP contribution is 2.32. The summed E-state index contributed by atoms with van der Waals surface area (Å²) >= 11 is 0. The normalized spacial score (nSPS) is 15.2. The van der Waals surface area contributed by atoms with Gasteiger partial charge in [0.25, 0.3) is 0 Å². The van der Waals surface area contributed by atoms with Crippen molar-refractivity contribution in [2.24, 2.45) is 5.92 Å². The van der Waals surface area contributed by atoms with Crippen molar-refractivity contribution in [3.05, 3.63) is 24.3 Å². The Hall–Kier alpha value is -1.22. The van der Waals surface area contributed by atoms with E-state index in [-0.39, 0.29) is 0 Å². The van der Waals surface area contributed by atoms with E-state index in [1.54, 1.807) is 6.07 Å². The van der Waals surface area contributed by atoms with Crippen LogP contribution in [0.15, 0.2) is 24.3 Å². The van der Waals surface area contributed by atoms with Crippen molar-refractivity contribution in [2.45, 2.75) is 12.8 Å². The molecule has 3 heteroatoms. The van der Waals surface area contributed by atoms with Gasteiger partial charge in [0.05, 0.1) is 6.61 Å². The third-order valence-corrected chi connectivity index (χ3v) is 2.24. The Bertz CT molecular complexity index is 294. The predicted molar refractivity (Wildman–Crippen MR) is 50.8 cm³/mol. The molecule has 0 N–H and O–H groups in total. The van der Waals surface area contributed by atoms with Crippen molar-refractivity contribution in [2.75, 3.05) is 13.4 Å². The van der Waals surface area contributed by atoms with Gasteiger partial charge in [0.1, 0.15) is 0 Å². The molecular weight excluding hydrogens is 180 g/mol. The average molecular weight is 193 g/mol. The summed E-state index contributed by atoms with van der Waals surface area (Å²) in [6, 6.07) is 7.28. The van der Waals surface area contributed by atoms with Gasteiger partial charge < -0.3 is 9.47 Å². The highest BCUT2D eigenvalue weighted by molar-refractivity contribution is 5.39. The summed E-state index contributed by atoms with van der Waals surface area (Å²) in [6.07, 6.45) is 2.51. The molecule has 0 heterocycles. The molecule has 1 aromatic carbocycles. The Labute approximate surface area is 83.3 Å². The summed E-state index contributed by atoms with van der Waals surface area (Å²) in [6.45, 7) is 0.170. The van der Waals surface area contributed by atoms with Crippen LogP contribution in [0.25, 0.3) is 0 Å². The Morgan fingerprint density at radius 2 is 1.79 bits per heavy atom. The van der Waals surface area contributed by atoms with Gasteiger partial charge in [-0.1, -0.05) is 12.1 Å². The van der Waals surface area contributed by atoms with Crippen molar-refractivity contribution < 1.29 is 14.6 Å². The zero-order valence-electron chi connectivity index (χ0n) is 7.94. The third-order valence-electron chi connectivity index (χ3n) is 2.24. The summed E-state index contributed by atoms with van der Waals surface area (Å²) in [4.78, 5) is 0. The third kappa shape index (κ3) is 2.39. The Balaban J connectivity index is 1.97. The van der Waals surface area contributed by atoms with Gasteiger partial charge in [0, 0.05) is 0 Å². The monoisotopic (exact) mass is 193 g/mol. The zero-order chi connectivity index (χ0) is 9.80. The molecule has 0 spiro atoms. The van der Waals surface area contributed by atoms with Crippen molar-refractivity contribution in [3.8, 4) is 11.5 Å². The van der Waals surface area contributed by atoms with Crippen LogP contribution < -0.4 is 9.47 Å². The summed E-state index contributed by atoms with van der Waals surface area (Å²) in [5.74, 6) is 1.92. The van der Waals surface area contributed by atoms with Crippen LogP contribution in [-0.4, -0.2) is 13.4 Å². The first kappa shape index (κ1) is 9.34. The summed E-state index contributed by atoms with van der Waals surface area (Å²) in [5, 5.41) is 10.3. The van der Waals surface area contributed by atoms with Gasteiger partial charge in [0.15, 0.2) is 11.5 Å². The van der Waals surface area contributed by atoms with E-state index in [1.165, 1.54) is 12.8 Å². The molecule has 14 heavy (non-hydrogen) atoms. The van der Waals surface area contributed by atoms with E-state index in [4.69, 9.17) is 9.47 Å². The van der Waals surface area contributed by atoms with Gasteiger partial charge >= 0.3 is 0 Å². The maximum Gasteiger partial charge on any atom is 0.221 e. The number of benzene rings is 1. The van der Waals surface area contributed by atoms with Crippen LogP contribution in [0, 0.1) is 5.92 Å². The fourth-order valence-electron chi connectivity index (χ4n) is 1.24. The number of ether oxygens (including phenoxy) is 2. The lowest BCUT2D eigenvalue weighted by Crippen LogP contribution is -2.02. The second-order valence-electron chi connectivity index (χ2n) is 3.46. The minimum Gasteiger partial charge on any atom is -0.489 e. The van der Waals surface area contributed by atoms with E-state index in [0.717, 1.165) is 6.61 Å². The summed E-state index contributed by atoms with van der Waals surface area (Å²) in [5.41, 5.74) is 0. The van der Waals surface area contributed by atoms with Gasteiger partial charge in [-0.2, -0.15) is 5.11 Å². The molecule has 1 saturated carbocycles. The second-order valence-corrected chi connectivity index (χ2v) is 3.46. The minimum atomic E-state index is -0.566. The fourth-order valence-corrected chi connectivity index (χ4v) is 1.24. The molecule has 0 unspecified atom stereocenters. The van der Waals surface area contributed by atoms with Crippen molar-refractivity contribution >= 4 is 0 Å². The molecule has 0 aliphatic heterocycles. The van der Waals surface area contributed by atoms with Crippen LogP contribution in [0.2, 0.25) is 0 Å². The van der Waals surface area contributed by atoms with E-state index >= 15 is 0 Å². The smallest absolute Gasteiger partial charge is 0.221 e. The topological polar surface area (TPSA) is 38.4 Å². The quantitative estimate of drug-likeness (QED) is 0.672. The molecule has 1 radical (unpaired) electrons. The molecule has 0 atom stereocenters. The molecule has 1 aromatic rings. The van der Waals surface area contributed by atoms with E-state index in [0.29, 0.717) is 17.4 Å². The number of hydrogen-bond acceptors (Lipinski definition) is 2. The predicted octanol–water partition coefficient (Wildman–Crippen LogP) is 2.24. The standard InChI is InChI=1S/C11H13O3/c12-8-14-11-4-2-1-3-10(11)13-7-9-5-6-9/h1-4,9H,5-8H2. The SMILES string of the molecule is [O]COc1ccccc1OCC1CC1. The molecule has 3 nitrogen and oxygen atoms in total. The van der Waals surface area contributed by atoms with Gasteiger partial charge in [-0.25, -0.2) is 0 Å². The molecule has 0 bridgehead atoms. The zero-order valence-corrected chi connectivity index (χ0v) is 7.94. The van der Waals surface area contributed by atoms with Crippen LogP contribution in [0.4, 0.5) is 0 Å². The molecule has 0 saturated heterocycles. The summed E-state index contributed by atoms with van der Waals surface area (Å²) in [7, 11) is 0. The second kappa shape index (κ2) is 4.33. The highest BCUT2D eigenvalue weighted by Gasteiger charge is 2.22. The van der Waals surface area contributed by atoms with Gasteiger partial charge in [-0.3, -0.25) is 0 Å². The van der Waals surface area contributed by atoms with Gasteiger partial charge in [0.2, 0.25) is 6.79 Å². The lowest BCUT2D eigenvalue weighted by molar-refractivity contribution is 0.0351. The number of rotatable bonds is 5. The Morgan fingerprint density at radius 1 is 1.14 bits per heavy atom. The lowest BCUT2D eigenvalue weighted by atomic mass is 10.3. The van der Waals surface area contributed by atoms with Crippen LogP contribution in [0.3, 0.4) is 0 Å². The van der Waals surface area contributed by atoms with Crippen molar-refractivity contribution in [3.63, 3.8) is 0 Å². The molecule has 1 fully saturated rings. The van der Waals surface area contributed by atoms with Gasteiger partial charge in [-0.15, -0.1) is 0 Å². The molecular formula is C11H13O3. The fraction of sp³-hybridized carbons (Fsp3) is 0.455. The molecule has 1 aliphatic carbocycles. The van der Waals surface area contributed by atoms with Crippen molar-refractivity contribution in [1.29, 1.82) is 0 Å². The largest absolute Gasteiger partial charge is 0.489 e. The molecule has 75 valence electrons. The van der Waals surface area contributed by atoms with Crippen LogP contribution in [0.1, 0.15) is 12.8 Å². The molecule has 1 aliphatic rings. The van der Waals surface area contributed by atoms with E-state index in [9.17, 15) is 5.11 Å². The summed E-state index contributed by atoms with van der Waals surface area (Å²) < 4.78 is 10.5. The molecule has 2 rings (SSSR count). The minimum absolute atomic E-state index is 0.545. The Morgan fingerprint density at radius 3 is 2.36 bits per heavy atom. The molecule has 0 amide bonds. The first-order chi connectivity index (χ1) is 6.90. The van der Waals surface area contributed by atoms with Crippen LogP contribution >= 0.6 is 0 Å². The first-order valence-electron chi connectivity index (χ1n) is 4.83. The van der Waals surface area contributed by atoms with Crippen LogP contribution in [0.5, 0.6) is 11.5 Å². The maximum atomic E-state index is 10.3. The van der Waals surface area contributed by atoms with Crippen molar-refractivity contribution in [1.82, 2.24) is 0 Å². The average Bonchev–Trinajstić information content (AvgIpc) is 3.01. The Kier molecular flexibility index (Phi) is 2.89. The molecule has 0 aromatic heterocycles. The van der Waals surface area contributed by atoms with E-state index in [1.807, 2.05) is 18.2 Å².